The molecule has 0 saturated heterocycles. The number of esters is 1. The first kappa shape index (κ1) is 22.2. The van der Waals surface area contributed by atoms with Gasteiger partial charge in [-0.1, -0.05) is 0 Å². The van der Waals surface area contributed by atoms with E-state index in [0.717, 1.165) is 33.2 Å². The van der Waals surface area contributed by atoms with E-state index in [-0.39, 0.29) is 19.1 Å². The fourth-order valence-electron chi connectivity index (χ4n) is 3.36. The Kier molecular flexibility index (Phi) is 6.84. The Morgan fingerprint density at radius 1 is 1.06 bits per heavy atom. The molecule has 0 saturated carbocycles. The van der Waals surface area contributed by atoms with E-state index < -0.39 is 11.9 Å². The number of benzene rings is 2. The molecule has 1 N–H and O–H groups in total. The van der Waals surface area contributed by atoms with E-state index >= 15 is 0 Å². The lowest BCUT2D eigenvalue weighted by atomic mass is 10.0. The van der Waals surface area contributed by atoms with Crippen LogP contribution in [-0.4, -0.2) is 32.7 Å². The summed E-state index contributed by atoms with van der Waals surface area (Å²) in [5.74, 6) is 0.376. The summed E-state index contributed by atoms with van der Waals surface area (Å²) in [6, 6.07) is 8.92. The van der Waals surface area contributed by atoms with Crippen LogP contribution in [0.15, 0.2) is 41.0 Å². The van der Waals surface area contributed by atoms with Gasteiger partial charge in [-0.05, 0) is 62.2 Å². The molecule has 3 aromatic rings. The van der Waals surface area contributed by atoms with Crippen molar-refractivity contribution in [3.05, 3.63) is 58.8 Å². The number of amides is 1. The van der Waals surface area contributed by atoms with E-state index in [9.17, 15) is 9.59 Å². The van der Waals surface area contributed by atoms with Gasteiger partial charge in [-0.2, -0.15) is 0 Å². The Morgan fingerprint density at radius 3 is 2.52 bits per heavy atom. The van der Waals surface area contributed by atoms with Gasteiger partial charge < -0.3 is 23.9 Å². The molecule has 0 unspecified atom stereocenters. The van der Waals surface area contributed by atoms with Gasteiger partial charge in [0.15, 0.2) is 6.61 Å². The second-order valence-corrected chi connectivity index (χ2v) is 7.43. The fourth-order valence-corrected chi connectivity index (χ4v) is 3.36. The average Bonchev–Trinajstić information content (AvgIpc) is 3.13. The minimum Gasteiger partial charge on any atom is -0.497 e. The lowest BCUT2D eigenvalue weighted by molar-refractivity contribution is -0.148. The molecule has 7 nitrogen and oxygen atoms in total. The number of hydrogen-bond acceptors (Lipinski definition) is 6. The van der Waals surface area contributed by atoms with Crippen LogP contribution in [0.5, 0.6) is 11.5 Å². The second-order valence-electron chi connectivity index (χ2n) is 7.43. The molecule has 2 aromatic carbocycles. The highest BCUT2D eigenvalue weighted by Gasteiger charge is 2.17. The summed E-state index contributed by atoms with van der Waals surface area (Å²) < 4.78 is 21.3. The molecule has 0 bridgehead atoms. The highest BCUT2D eigenvalue weighted by atomic mass is 16.5. The monoisotopic (exact) mass is 425 g/mol. The van der Waals surface area contributed by atoms with Crippen LogP contribution in [0.4, 0.5) is 0 Å². The summed E-state index contributed by atoms with van der Waals surface area (Å²) in [7, 11) is 3.13. The molecule has 1 heterocycles. The largest absolute Gasteiger partial charge is 0.497 e. The maximum Gasteiger partial charge on any atom is 0.310 e. The van der Waals surface area contributed by atoms with Crippen molar-refractivity contribution in [3.63, 3.8) is 0 Å². The number of aryl methyl sites for hydroxylation is 2. The number of methoxy groups -OCH3 is 2. The summed E-state index contributed by atoms with van der Waals surface area (Å²) in [5, 5.41) is 3.69. The summed E-state index contributed by atoms with van der Waals surface area (Å²) >= 11 is 0. The molecule has 0 fully saturated rings. The molecule has 0 aliphatic rings. The molecule has 1 atom stereocenters. The number of carbonyl (C=O) groups is 2. The third-order valence-electron chi connectivity index (χ3n) is 5.25. The number of rotatable bonds is 8. The molecular formula is C24H27NO6. The van der Waals surface area contributed by atoms with E-state index in [1.54, 1.807) is 38.7 Å². The predicted molar refractivity (Wildman–Crippen MR) is 116 cm³/mol. The third kappa shape index (κ3) is 5.17. The van der Waals surface area contributed by atoms with Gasteiger partial charge in [-0.3, -0.25) is 9.59 Å². The zero-order valence-electron chi connectivity index (χ0n) is 18.4. The number of ether oxygens (including phenoxy) is 3. The number of furan rings is 1. The van der Waals surface area contributed by atoms with Gasteiger partial charge in [-0.25, -0.2) is 0 Å². The SMILES string of the molecule is COc1ccc(OC)c([C@@H](C)NC(=O)COC(=O)Cc2coc3cc(C)c(C)cc23)c1. The maximum absolute atomic E-state index is 12.3. The Bertz CT molecular complexity index is 1100. The zero-order valence-corrected chi connectivity index (χ0v) is 18.4. The lowest BCUT2D eigenvalue weighted by Crippen LogP contribution is -2.31. The van der Waals surface area contributed by atoms with Gasteiger partial charge in [0.05, 0.1) is 32.9 Å². The van der Waals surface area contributed by atoms with E-state index in [2.05, 4.69) is 5.32 Å². The first-order valence-corrected chi connectivity index (χ1v) is 9.96. The maximum atomic E-state index is 12.3. The van der Waals surface area contributed by atoms with Crippen molar-refractivity contribution >= 4 is 22.8 Å². The van der Waals surface area contributed by atoms with Gasteiger partial charge in [0.25, 0.3) is 5.91 Å². The van der Waals surface area contributed by atoms with Crippen molar-refractivity contribution in [1.29, 1.82) is 0 Å². The minimum atomic E-state index is -0.498. The topological polar surface area (TPSA) is 87.0 Å². The summed E-state index contributed by atoms with van der Waals surface area (Å²) in [4.78, 5) is 24.6. The summed E-state index contributed by atoms with van der Waals surface area (Å²) in [5.41, 5.74) is 4.46. The van der Waals surface area contributed by atoms with E-state index in [0.29, 0.717) is 11.5 Å². The number of carbonyl (C=O) groups excluding carboxylic acids is 2. The quantitative estimate of drug-likeness (QED) is 0.549. The normalized spacial score (nSPS) is 11.8. The molecule has 164 valence electrons. The van der Waals surface area contributed by atoms with E-state index in [1.165, 1.54) is 0 Å². The number of hydrogen-bond donors (Lipinski definition) is 1. The zero-order chi connectivity index (χ0) is 22.5. The highest BCUT2D eigenvalue weighted by Crippen LogP contribution is 2.29. The Hall–Kier alpha value is -3.48. The Morgan fingerprint density at radius 2 is 1.81 bits per heavy atom. The molecule has 1 aromatic heterocycles. The molecule has 0 aliphatic heterocycles. The van der Waals surface area contributed by atoms with Crippen molar-refractivity contribution in [2.75, 3.05) is 20.8 Å². The first-order chi connectivity index (χ1) is 14.8. The molecule has 3 rings (SSSR count). The highest BCUT2D eigenvalue weighted by molar-refractivity contribution is 5.87. The smallest absolute Gasteiger partial charge is 0.310 e. The second kappa shape index (κ2) is 9.55. The van der Waals surface area contributed by atoms with E-state index in [4.69, 9.17) is 18.6 Å². The van der Waals surface area contributed by atoms with Crippen LogP contribution in [0.2, 0.25) is 0 Å². The Balaban J connectivity index is 1.57. The van der Waals surface area contributed by atoms with Crippen LogP contribution in [0, 0.1) is 13.8 Å². The van der Waals surface area contributed by atoms with Crippen LogP contribution in [0.3, 0.4) is 0 Å². The molecule has 0 aliphatic carbocycles. The molecule has 31 heavy (non-hydrogen) atoms. The van der Waals surface area contributed by atoms with Crippen molar-refractivity contribution in [2.24, 2.45) is 0 Å². The molecule has 1 amide bonds. The standard InChI is InChI=1S/C24H27NO6/c1-14-8-20-17(12-30-22(20)9-15(14)2)10-24(27)31-13-23(26)25-16(3)19-11-18(28-4)6-7-21(19)29-5/h6-9,11-12,16H,10,13H2,1-5H3,(H,25,26)/t16-/m1/s1. The molecule has 0 radical (unpaired) electrons. The summed E-state index contributed by atoms with van der Waals surface area (Å²) in [6.07, 6.45) is 1.59. The van der Waals surface area contributed by atoms with E-state index in [1.807, 2.05) is 32.9 Å². The average molecular weight is 425 g/mol. The van der Waals surface area contributed by atoms with Crippen molar-refractivity contribution in [1.82, 2.24) is 5.32 Å². The number of fused-ring (bicyclic) bond motifs is 1. The first-order valence-electron chi connectivity index (χ1n) is 9.96. The van der Waals surface area contributed by atoms with Gasteiger partial charge in [0.1, 0.15) is 17.1 Å². The summed E-state index contributed by atoms with van der Waals surface area (Å²) in [6.45, 7) is 5.46. The fraction of sp³-hybridized carbons (Fsp3) is 0.333. The van der Waals surface area contributed by atoms with Gasteiger partial charge in [0, 0.05) is 16.5 Å². The molecular weight excluding hydrogens is 398 g/mol. The van der Waals surface area contributed by atoms with Crippen LogP contribution in [0.1, 0.15) is 35.2 Å². The van der Waals surface area contributed by atoms with Crippen molar-refractivity contribution in [2.45, 2.75) is 33.2 Å². The van der Waals surface area contributed by atoms with Crippen molar-refractivity contribution in [3.8, 4) is 11.5 Å². The van der Waals surface area contributed by atoms with Crippen LogP contribution < -0.4 is 14.8 Å². The molecule has 0 spiro atoms. The predicted octanol–water partition coefficient (Wildman–Crippen LogP) is 4.03. The van der Waals surface area contributed by atoms with Gasteiger partial charge in [-0.15, -0.1) is 0 Å². The molecule has 7 heteroatoms. The van der Waals surface area contributed by atoms with Gasteiger partial charge in [0.2, 0.25) is 0 Å². The van der Waals surface area contributed by atoms with Crippen LogP contribution in [-0.2, 0) is 20.7 Å². The Labute approximate surface area is 181 Å². The lowest BCUT2D eigenvalue weighted by Gasteiger charge is -2.18. The minimum absolute atomic E-state index is 0.0298. The van der Waals surface area contributed by atoms with Crippen LogP contribution >= 0.6 is 0 Å². The number of nitrogens with one attached hydrogen (secondary N) is 1. The van der Waals surface area contributed by atoms with Gasteiger partial charge >= 0.3 is 5.97 Å². The van der Waals surface area contributed by atoms with Crippen LogP contribution in [0.25, 0.3) is 11.0 Å². The van der Waals surface area contributed by atoms with Crippen molar-refractivity contribution < 1.29 is 28.2 Å². The third-order valence-corrected chi connectivity index (χ3v) is 5.25.